The van der Waals surface area contributed by atoms with E-state index in [1.807, 2.05) is 44.3 Å². The first-order chi connectivity index (χ1) is 13.3. The summed E-state index contributed by atoms with van der Waals surface area (Å²) in [5, 5.41) is 2.94. The van der Waals surface area contributed by atoms with Crippen molar-refractivity contribution in [2.75, 3.05) is 31.6 Å². The molecular weight excluding hydrogens is 374 g/mol. The number of hydrogen-bond donors (Lipinski definition) is 1. The highest BCUT2D eigenvalue weighted by molar-refractivity contribution is 7.89. The third-order valence-electron chi connectivity index (χ3n) is 4.56. The van der Waals surface area contributed by atoms with Gasteiger partial charge in [0, 0.05) is 44.0 Å². The van der Waals surface area contributed by atoms with Gasteiger partial charge in [-0.05, 0) is 37.3 Å². The Bertz CT molecular complexity index is 881. The van der Waals surface area contributed by atoms with Crippen molar-refractivity contribution in [2.45, 2.75) is 31.7 Å². The lowest BCUT2D eigenvalue weighted by Gasteiger charge is -2.24. The Balaban J connectivity index is 2.08. The van der Waals surface area contributed by atoms with E-state index < -0.39 is 10.0 Å². The number of amides is 1. The normalized spacial score (nSPS) is 12.6. The quantitative estimate of drug-likeness (QED) is 0.699. The molecule has 2 aromatic rings. The minimum Gasteiger partial charge on any atom is -0.373 e. The van der Waals surface area contributed by atoms with Gasteiger partial charge in [0.25, 0.3) is 5.91 Å². The zero-order valence-electron chi connectivity index (χ0n) is 16.9. The Labute approximate surface area is 168 Å². The van der Waals surface area contributed by atoms with Gasteiger partial charge >= 0.3 is 0 Å². The number of nitrogens with one attached hydrogen (secondary N) is 1. The molecule has 0 aliphatic carbocycles. The number of likely N-dealkylation sites (N-methyl/N-ethyl adjacent to an activating group) is 1. The van der Waals surface area contributed by atoms with Crippen LogP contribution in [0.1, 0.15) is 31.1 Å². The molecule has 2 aromatic carbocycles. The van der Waals surface area contributed by atoms with E-state index in [0.717, 1.165) is 5.69 Å². The van der Waals surface area contributed by atoms with E-state index in [0.29, 0.717) is 25.2 Å². The number of anilines is 1. The Morgan fingerprint density at radius 1 is 1.04 bits per heavy atom. The number of carbonyl (C=O) groups excluding carboxylic acids is 1. The van der Waals surface area contributed by atoms with Gasteiger partial charge < -0.3 is 10.2 Å². The molecule has 6 nitrogen and oxygen atoms in total. The van der Waals surface area contributed by atoms with Crippen molar-refractivity contribution < 1.29 is 13.2 Å². The van der Waals surface area contributed by atoms with E-state index >= 15 is 0 Å². The summed E-state index contributed by atoms with van der Waals surface area (Å²) in [5.74, 6) is -0.287. The van der Waals surface area contributed by atoms with Gasteiger partial charge in [-0.15, -0.1) is 0 Å². The van der Waals surface area contributed by atoms with Crippen LogP contribution in [0.25, 0.3) is 0 Å². The molecule has 1 N–H and O–H groups in total. The van der Waals surface area contributed by atoms with Crippen LogP contribution in [-0.2, 0) is 10.0 Å². The summed E-state index contributed by atoms with van der Waals surface area (Å²) in [7, 11) is -1.63. The van der Waals surface area contributed by atoms with Crippen LogP contribution in [0.2, 0.25) is 0 Å². The second-order valence-corrected chi connectivity index (χ2v) is 8.65. The van der Waals surface area contributed by atoms with Gasteiger partial charge in [-0.1, -0.05) is 38.1 Å². The minimum atomic E-state index is -3.60. The fraction of sp³-hybridized carbons (Fsp3) is 0.381. The van der Waals surface area contributed by atoms with Gasteiger partial charge in [0.2, 0.25) is 10.0 Å². The van der Waals surface area contributed by atoms with E-state index in [2.05, 4.69) is 10.2 Å². The monoisotopic (exact) mass is 403 g/mol. The second-order valence-electron chi connectivity index (χ2n) is 6.71. The van der Waals surface area contributed by atoms with Crippen LogP contribution in [-0.4, -0.2) is 51.4 Å². The predicted molar refractivity (Wildman–Crippen MR) is 113 cm³/mol. The van der Waals surface area contributed by atoms with Crippen molar-refractivity contribution in [3.63, 3.8) is 0 Å². The van der Waals surface area contributed by atoms with E-state index in [4.69, 9.17) is 0 Å². The zero-order valence-corrected chi connectivity index (χ0v) is 17.7. The summed E-state index contributed by atoms with van der Waals surface area (Å²) in [6.45, 7) is 6.92. The average Bonchev–Trinajstić information content (AvgIpc) is 2.69. The first-order valence-electron chi connectivity index (χ1n) is 9.46. The Kier molecular flexibility index (Phi) is 7.60. The van der Waals surface area contributed by atoms with Gasteiger partial charge in [0.15, 0.2) is 0 Å². The molecule has 0 fully saturated rings. The molecule has 7 heteroatoms. The zero-order chi connectivity index (χ0) is 20.7. The maximum Gasteiger partial charge on any atom is 0.251 e. The third kappa shape index (κ3) is 5.33. The number of rotatable bonds is 9. The molecule has 0 saturated carbocycles. The number of hydrogen-bond acceptors (Lipinski definition) is 4. The maximum absolute atomic E-state index is 12.7. The van der Waals surface area contributed by atoms with Gasteiger partial charge in [-0.25, -0.2) is 8.42 Å². The number of sulfonamides is 1. The first-order valence-corrected chi connectivity index (χ1v) is 10.9. The highest BCUT2D eigenvalue weighted by Crippen LogP contribution is 2.17. The molecule has 0 aliphatic heterocycles. The summed E-state index contributed by atoms with van der Waals surface area (Å²) in [6.07, 6.45) is 0. The molecule has 0 unspecified atom stereocenters. The largest absolute Gasteiger partial charge is 0.373 e. The Morgan fingerprint density at radius 3 is 2.29 bits per heavy atom. The van der Waals surface area contributed by atoms with Crippen molar-refractivity contribution in [1.82, 2.24) is 9.62 Å². The second kappa shape index (κ2) is 9.71. The van der Waals surface area contributed by atoms with E-state index in [9.17, 15) is 13.2 Å². The third-order valence-corrected chi connectivity index (χ3v) is 6.61. The smallest absolute Gasteiger partial charge is 0.251 e. The van der Waals surface area contributed by atoms with Crippen LogP contribution < -0.4 is 10.2 Å². The summed E-state index contributed by atoms with van der Waals surface area (Å²) in [5.41, 5.74) is 1.40. The molecule has 0 aliphatic rings. The van der Waals surface area contributed by atoms with Gasteiger partial charge in [-0.3, -0.25) is 4.79 Å². The van der Waals surface area contributed by atoms with Crippen LogP contribution in [0.4, 0.5) is 5.69 Å². The number of carbonyl (C=O) groups is 1. The average molecular weight is 404 g/mol. The van der Waals surface area contributed by atoms with Gasteiger partial charge in [-0.2, -0.15) is 4.31 Å². The molecule has 0 aromatic heterocycles. The molecule has 0 heterocycles. The van der Waals surface area contributed by atoms with E-state index in [1.165, 1.54) is 16.4 Å². The lowest BCUT2D eigenvalue weighted by Crippen LogP contribution is -2.40. The van der Waals surface area contributed by atoms with Crippen molar-refractivity contribution in [2.24, 2.45) is 0 Å². The lowest BCUT2D eigenvalue weighted by atomic mass is 10.2. The number of benzene rings is 2. The maximum atomic E-state index is 12.7. The van der Waals surface area contributed by atoms with Crippen molar-refractivity contribution in [3.8, 4) is 0 Å². The fourth-order valence-electron chi connectivity index (χ4n) is 3.06. The molecular formula is C21H29N3O3S. The summed E-state index contributed by atoms with van der Waals surface area (Å²) < 4.78 is 26.7. The van der Waals surface area contributed by atoms with Crippen molar-refractivity contribution in [3.05, 3.63) is 60.2 Å². The number of nitrogens with zero attached hydrogens (tertiary/aromatic N) is 2. The summed E-state index contributed by atoms with van der Waals surface area (Å²) >= 11 is 0. The van der Waals surface area contributed by atoms with Gasteiger partial charge in [0.05, 0.1) is 4.90 Å². The lowest BCUT2D eigenvalue weighted by molar-refractivity contribution is 0.0941. The van der Waals surface area contributed by atoms with E-state index in [1.54, 1.807) is 26.0 Å². The molecule has 0 spiro atoms. The summed E-state index contributed by atoms with van der Waals surface area (Å²) in [6, 6.07) is 16.0. The molecule has 28 heavy (non-hydrogen) atoms. The topological polar surface area (TPSA) is 69.7 Å². The standard InChI is InChI=1S/C21H29N3O3S/c1-5-24(6-2)28(26,27)20-14-10-11-18(15-20)21(25)22-17(3)16-23(4)19-12-8-7-9-13-19/h7-15,17H,5-6,16H2,1-4H3,(H,22,25)/t17-/m1/s1. The number of para-hydroxylation sites is 1. The highest BCUT2D eigenvalue weighted by Gasteiger charge is 2.22. The molecule has 2 rings (SSSR count). The predicted octanol–water partition coefficient (Wildman–Crippen LogP) is 2.97. The van der Waals surface area contributed by atoms with Crippen LogP contribution in [0.5, 0.6) is 0 Å². The summed E-state index contributed by atoms with van der Waals surface area (Å²) in [4.78, 5) is 14.8. The SMILES string of the molecule is CCN(CC)S(=O)(=O)c1cccc(C(=O)N[C@H](C)CN(C)c2ccccc2)c1. The minimum absolute atomic E-state index is 0.110. The Morgan fingerprint density at radius 2 is 1.68 bits per heavy atom. The molecule has 152 valence electrons. The van der Waals surface area contributed by atoms with Crippen LogP contribution in [0.15, 0.2) is 59.5 Å². The van der Waals surface area contributed by atoms with Crippen LogP contribution >= 0.6 is 0 Å². The molecule has 0 radical (unpaired) electrons. The molecule has 1 atom stereocenters. The highest BCUT2D eigenvalue weighted by atomic mass is 32.2. The van der Waals surface area contributed by atoms with Crippen LogP contribution in [0, 0.1) is 0 Å². The van der Waals surface area contributed by atoms with E-state index in [-0.39, 0.29) is 16.8 Å². The van der Waals surface area contributed by atoms with Crippen molar-refractivity contribution in [1.29, 1.82) is 0 Å². The van der Waals surface area contributed by atoms with Crippen LogP contribution in [0.3, 0.4) is 0 Å². The Hall–Kier alpha value is -2.38. The first kappa shape index (κ1) is 21.9. The fourth-order valence-corrected chi connectivity index (χ4v) is 4.57. The molecule has 0 bridgehead atoms. The van der Waals surface area contributed by atoms with Crippen molar-refractivity contribution >= 4 is 21.6 Å². The van der Waals surface area contributed by atoms with Gasteiger partial charge in [0.1, 0.15) is 0 Å². The molecule has 0 saturated heterocycles. The molecule has 1 amide bonds.